The number of aliphatic hydroxyl groups is 1. The van der Waals surface area contributed by atoms with Crippen molar-refractivity contribution in [2.75, 3.05) is 6.54 Å². The first-order valence-corrected chi connectivity index (χ1v) is 7.97. The highest BCUT2D eigenvalue weighted by atomic mass is 19.4. The lowest BCUT2D eigenvalue weighted by atomic mass is 9.97. The lowest BCUT2D eigenvalue weighted by Crippen LogP contribution is -2.34. The van der Waals surface area contributed by atoms with E-state index in [1.54, 1.807) is 30.8 Å². The Morgan fingerprint density at radius 1 is 1.24 bits per heavy atom. The van der Waals surface area contributed by atoms with Gasteiger partial charge in [0.15, 0.2) is 0 Å². The van der Waals surface area contributed by atoms with Crippen molar-refractivity contribution in [1.29, 1.82) is 0 Å². The fourth-order valence-corrected chi connectivity index (χ4v) is 3.49. The molecule has 1 aliphatic rings. The molecule has 134 valence electrons. The van der Waals surface area contributed by atoms with E-state index in [0.29, 0.717) is 5.69 Å². The lowest BCUT2D eigenvalue weighted by molar-refractivity contribution is -0.138. The number of carbonyl (C=O) groups excluding carboxylic acids is 1. The smallest absolute Gasteiger partial charge is 0.391 e. The molecule has 0 aliphatic carbocycles. The van der Waals surface area contributed by atoms with Crippen molar-refractivity contribution in [2.24, 2.45) is 7.05 Å². The molecule has 25 heavy (non-hydrogen) atoms. The Morgan fingerprint density at radius 2 is 1.92 bits per heavy atom. The van der Waals surface area contributed by atoms with Gasteiger partial charge in [0.2, 0.25) is 0 Å². The van der Waals surface area contributed by atoms with E-state index in [1.807, 2.05) is 0 Å². The maximum absolute atomic E-state index is 13.4. The van der Waals surface area contributed by atoms with E-state index in [4.69, 9.17) is 0 Å². The van der Waals surface area contributed by atoms with Gasteiger partial charge >= 0.3 is 6.18 Å². The first-order valence-electron chi connectivity index (χ1n) is 7.97. The Bertz CT molecular complexity index is 778. The van der Waals surface area contributed by atoms with Crippen molar-refractivity contribution in [3.63, 3.8) is 0 Å². The first-order chi connectivity index (χ1) is 11.7. The van der Waals surface area contributed by atoms with Crippen molar-refractivity contribution in [1.82, 2.24) is 9.47 Å². The second kappa shape index (κ2) is 6.22. The van der Waals surface area contributed by atoms with Crippen LogP contribution < -0.4 is 0 Å². The molecule has 7 heteroatoms. The summed E-state index contributed by atoms with van der Waals surface area (Å²) in [5.41, 5.74) is 0.419. The summed E-state index contributed by atoms with van der Waals surface area (Å²) in [4.78, 5) is 14.3. The van der Waals surface area contributed by atoms with Gasteiger partial charge in [0.05, 0.1) is 17.7 Å². The predicted octanol–water partition coefficient (Wildman–Crippen LogP) is 3.30. The molecule has 1 aromatic carbocycles. The first kappa shape index (κ1) is 17.5. The zero-order valence-electron chi connectivity index (χ0n) is 13.9. The van der Waals surface area contributed by atoms with Gasteiger partial charge in [0.1, 0.15) is 5.69 Å². The summed E-state index contributed by atoms with van der Waals surface area (Å²) in [6.45, 7) is 1.79. The Morgan fingerprint density at radius 3 is 2.52 bits per heavy atom. The van der Waals surface area contributed by atoms with Gasteiger partial charge in [-0.2, -0.15) is 13.2 Å². The molecule has 0 spiro atoms. The number of halogens is 3. The van der Waals surface area contributed by atoms with Gasteiger partial charge in [-0.15, -0.1) is 0 Å². The molecule has 2 atom stereocenters. The molecule has 2 heterocycles. The van der Waals surface area contributed by atoms with Crippen LogP contribution in [-0.2, 0) is 13.2 Å². The third kappa shape index (κ3) is 3.16. The summed E-state index contributed by atoms with van der Waals surface area (Å²) >= 11 is 0. The van der Waals surface area contributed by atoms with E-state index in [0.717, 1.165) is 11.6 Å². The van der Waals surface area contributed by atoms with Gasteiger partial charge in [-0.05, 0) is 36.6 Å². The fourth-order valence-electron chi connectivity index (χ4n) is 3.49. The number of aromatic nitrogens is 1. The van der Waals surface area contributed by atoms with Crippen LogP contribution in [0.3, 0.4) is 0 Å². The summed E-state index contributed by atoms with van der Waals surface area (Å²) in [5, 5.41) is 10.0. The predicted molar refractivity (Wildman–Crippen MR) is 86.0 cm³/mol. The number of nitrogens with zero attached hydrogens (tertiary/aromatic N) is 2. The van der Waals surface area contributed by atoms with Gasteiger partial charge in [0, 0.05) is 19.8 Å². The van der Waals surface area contributed by atoms with E-state index >= 15 is 0 Å². The van der Waals surface area contributed by atoms with Crippen LogP contribution >= 0.6 is 0 Å². The summed E-state index contributed by atoms with van der Waals surface area (Å²) in [5.74, 6) is -0.372. The number of alkyl halides is 3. The van der Waals surface area contributed by atoms with Crippen LogP contribution in [0.4, 0.5) is 13.2 Å². The maximum Gasteiger partial charge on any atom is 0.416 e. The monoisotopic (exact) mass is 352 g/mol. The third-order valence-electron chi connectivity index (χ3n) is 4.64. The van der Waals surface area contributed by atoms with Crippen LogP contribution in [0.1, 0.15) is 39.6 Å². The molecule has 0 radical (unpaired) electrons. The normalized spacial score (nSPS) is 21.0. The zero-order chi connectivity index (χ0) is 18.4. The summed E-state index contributed by atoms with van der Waals surface area (Å²) in [6.07, 6.45) is -3.55. The number of hydrogen-bond donors (Lipinski definition) is 1. The quantitative estimate of drug-likeness (QED) is 0.901. The van der Waals surface area contributed by atoms with Crippen molar-refractivity contribution in [3.8, 4) is 0 Å². The number of likely N-dealkylation sites (tertiary alicyclic amines) is 1. The number of hydrogen-bond acceptors (Lipinski definition) is 2. The van der Waals surface area contributed by atoms with Gasteiger partial charge < -0.3 is 14.6 Å². The van der Waals surface area contributed by atoms with Crippen LogP contribution in [-0.4, -0.2) is 33.1 Å². The van der Waals surface area contributed by atoms with Crippen LogP contribution in [0.25, 0.3) is 0 Å². The zero-order valence-corrected chi connectivity index (χ0v) is 13.9. The van der Waals surface area contributed by atoms with Gasteiger partial charge in [0.25, 0.3) is 5.91 Å². The standard InChI is InChI=1S/C18H19F3N2O2/c1-11-7-8-22(2)16(11)17(25)23-10-12(24)9-15(23)13-5-3-4-6-14(13)18(19,20)21/h3-8,12,15,24H,9-10H2,1-2H3/t12-,15+/m1/s1. The average molecular weight is 352 g/mol. The molecular weight excluding hydrogens is 333 g/mol. The molecule has 1 aromatic heterocycles. The molecule has 3 rings (SSSR count). The van der Waals surface area contributed by atoms with Crippen molar-refractivity contribution in [2.45, 2.75) is 31.7 Å². The number of aliphatic hydroxyl groups excluding tert-OH is 1. The van der Waals surface area contributed by atoms with Crippen LogP contribution in [0.15, 0.2) is 36.5 Å². The summed E-state index contributed by atoms with van der Waals surface area (Å²) < 4.78 is 41.7. The molecular formula is C18H19F3N2O2. The van der Waals surface area contributed by atoms with E-state index < -0.39 is 23.9 Å². The molecule has 1 amide bonds. The topological polar surface area (TPSA) is 45.5 Å². The Labute approximate surface area is 143 Å². The molecule has 0 saturated carbocycles. The Hall–Kier alpha value is -2.28. The Balaban J connectivity index is 2.03. The van der Waals surface area contributed by atoms with E-state index in [2.05, 4.69) is 0 Å². The molecule has 0 unspecified atom stereocenters. The number of amides is 1. The number of rotatable bonds is 2. The molecule has 1 N–H and O–H groups in total. The number of benzene rings is 1. The minimum absolute atomic E-state index is 0.0142. The number of carbonyl (C=O) groups is 1. The minimum atomic E-state index is -4.51. The van der Waals surface area contributed by atoms with Gasteiger partial charge in [-0.3, -0.25) is 4.79 Å². The van der Waals surface area contributed by atoms with Crippen molar-refractivity contribution >= 4 is 5.91 Å². The molecule has 2 aromatic rings. The highest BCUT2D eigenvalue weighted by molar-refractivity contribution is 5.94. The van der Waals surface area contributed by atoms with Crippen LogP contribution in [0.5, 0.6) is 0 Å². The fraction of sp³-hybridized carbons (Fsp3) is 0.389. The van der Waals surface area contributed by atoms with Gasteiger partial charge in [-0.1, -0.05) is 18.2 Å². The summed E-state index contributed by atoms with van der Waals surface area (Å²) in [7, 11) is 1.71. The summed E-state index contributed by atoms with van der Waals surface area (Å²) in [6, 6.07) is 6.20. The molecule has 0 bridgehead atoms. The average Bonchev–Trinajstić information content (AvgIpc) is 3.09. The highest BCUT2D eigenvalue weighted by Gasteiger charge is 2.42. The molecule has 1 aliphatic heterocycles. The van der Waals surface area contributed by atoms with E-state index in [9.17, 15) is 23.1 Å². The van der Waals surface area contributed by atoms with Gasteiger partial charge in [-0.25, -0.2) is 0 Å². The Kier molecular flexibility index (Phi) is 4.36. The molecule has 4 nitrogen and oxygen atoms in total. The van der Waals surface area contributed by atoms with Crippen molar-refractivity contribution in [3.05, 3.63) is 58.9 Å². The lowest BCUT2D eigenvalue weighted by Gasteiger charge is -2.27. The molecule has 1 fully saturated rings. The third-order valence-corrected chi connectivity index (χ3v) is 4.64. The van der Waals surface area contributed by atoms with Crippen LogP contribution in [0.2, 0.25) is 0 Å². The van der Waals surface area contributed by atoms with E-state index in [1.165, 1.54) is 23.1 Å². The maximum atomic E-state index is 13.4. The van der Waals surface area contributed by atoms with Crippen LogP contribution in [0, 0.1) is 6.92 Å². The largest absolute Gasteiger partial charge is 0.416 e. The number of aryl methyl sites for hydroxylation is 2. The highest BCUT2D eigenvalue weighted by Crippen LogP contribution is 2.41. The second-order valence-electron chi connectivity index (χ2n) is 6.41. The minimum Gasteiger partial charge on any atom is -0.391 e. The second-order valence-corrected chi connectivity index (χ2v) is 6.41. The molecule has 1 saturated heterocycles. The SMILES string of the molecule is Cc1ccn(C)c1C(=O)N1C[C@H](O)C[C@H]1c1ccccc1C(F)(F)F. The number of β-amino-alcohol motifs (C(OH)–C–C–N with tert-alkyl or cyclic N) is 1. The van der Waals surface area contributed by atoms with E-state index in [-0.39, 0.29) is 24.4 Å². The van der Waals surface area contributed by atoms with Crippen molar-refractivity contribution < 1.29 is 23.1 Å².